The number of carbonyl (C=O) groups excluding carboxylic acids is 1. The Balaban J connectivity index is 1.77. The standard InChI is InChI=1S/C17H24ClFN2O2/c1-17(2,3)23-16(22)21-8-6-14(7-9-21)20-11-12-4-5-13(19)10-15(12)18/h4-5,10,14,20H,6-9,11H2,1-3H3. The van der Waals surface area contributed by atoms with Crippen LogP contribution in [0.1, 0.15) is 39.2 Å². The number of hydrogen-bond donors (Lipinski definition) is 1. The second kappa shape index (κ2) is 7.49. The van der Waals surface area contributed by atoms with E-state index in [-0.39, 0.29) is 11.9 Å². The third-order valence-corrected chi connectivity index (χ3v) is 4.09. The maximum Gasteiger partial charge on any atom is 0.410 e. The van der Waals surface area contributed by atoms with Gasteiger partial charge in [0.2, 0.25) is 0 Å². The van der Waals surface area contributed by atoms with Crippen LogP contribution < -0.4 is 5.32 Å². The average molecular weight is 343 g/mol. The summed E-state index contributed by atoms with van der Waals surface area (Å²) in [5, 5.41) is 3.85. The first-order chi connectivity index (χ1) is 10.7. The molecule has 0 atom stereocenters. The highest BCUT2D eigenvalue weighted by atomic mass is 35.5. The number of rotatable bonds is 3. The number of nitrogens with one attached hydrogen (secondary N) is 1. The molecule has 1 aliphatic heterocycles. The van der Waals surface area contributed by atoms with E-state index in [2.05, 4.69) is 5.32 Å². The number of likely N-dealkylation sites (tertiary alicyclic amines) is 1. The first-order valence-corrected chi connectivity index (χ1v) is 8.27. The van der Waals surface area contributed by atoms with Gasteiger partial charge in [-0.05, 0) is 51.3 Å². The van der Waals surface area contributed by atoms with Crippen molar-refractivity contribution in [3.63, 3.8) is 0 Å². The van der Waals surface area contributed by atoms with E-state index in [1.807, 2.05) is 20.8 Å². The van der Waals surface area contributed by atoms with Crippen molar-refractivity contribution in [1.82, 2.24) is 10.2 Å². The van der Waals surface area contributed by atoms with Gasteiger partial charge in [-0.3, -0.25) is 0 Å². The molecule has 4 nitrogen and oxygen atoms in total. The van der Waals surface area contributed by atoms with Crippen LogP contribution in [0.4, 0.5) is 9.18 Å². The van der Waals surface area contributed by atoms with Crippen molar-refractivity contribution >= 4 is 17.7 Å². The number of piperidine rings is 1. The van der Waals surface area contributed by atoms with Gasteiger partial charge in [-0.15, -0.1) is 0 Å². The van der Waals surface area contributed by atoms with Crippen molar-refractivity contribution in [1.29, 1.82) is 0 Å². The van der Waals surface area contributed by atoms with E-state index in [1.54, 1.807) is 11.0 Å². The number of hydrogen-bond acceptors (Lipinski definition) is 3. The van der Waals surface area contributed by atoms with Crippen LogP contribution in [0.2, 0.25) is 5.02 Å². The van der Waals surface area contributed by atoms with Crippen molar-refractivity contribution in [2.75, 3.05) is 13.1 Å². The molecule has 0 aromatic heterocycles. The summed E-state index contributed by atoms with van der Waals surface area (Å²) in [5.41, 5.74) is 0.411. The monoisotopic (exact) mass is 342 g/mol. The molecule has 1 amide bonds. The van der Waals surface area contributed by atoms with Crippen molar-refractivity contribution in [2.45, 2.75) is 51.8 Å². The van der Waals surface area contributed by atoms with Crippen LogP contribution in [0.25, 0.3) is 0 Å². The lowest BCUT2D eigenvalue weighted by molar-refractivity contribution is 0.0198. The van der Waals surface area contributed by atoms with Crippen LogP contribution in [0.3, 0.4) is 0 Å². The Hall–Kier alpha value is -1.33. The number of benzene rings is 1. The minimum absolute atomic E-state index is 0.252. The maximum atomic E-state index is 13.0. The average Bonchev–Trinajstić information content (AvgIpc) is 2.45. The molecule has 0 bridgehead atoms. The summed E-state index contributed by atoms with van der Waals surface area (Å²) in [6, 6.07) is 4.74. The third kappa shape index (κ3) is 5.66. The molecule has 1 saturated heterocycles. The molecule has 1 aromatic carbocycles. The molecule has 0 aliphatic carbocycles. The smallest absolute Gasteiger partial charge is 0.410 e. The fraction of sp³-hybridized carbons (Fsp3) is 0.588. The molecule has 0 spiro atoms. The Morgan fingerprint density at radius 1 is 1.39 bits per heavy atom. The molecule has 1 N–H and O–H groups in total. The van der Waals surface area contributed by atoms with Gasteiger partial charge in [0.1, 0.15) is 11.4 Å². The molecular formula is C17H24ClFN2O2. The van der Waals surface area contributed by atoms with Crippen LogP contribution in [0.15, 0.2) is 18.2 Å². The molecule has 0 radical (unpaired) electrons. The Morgan fingerprint density at radius 3 is 2.61 bits per heavy atom. The SMILES string of the molecule is CC(C)(C)OC(=O)N1CCC(NCc2ccc(F)cc2Cl)CC1. The highest BCUT2D eigenvalue weighted by molar-refractivity contribution is 6.31. The summed E-state index contributed by atoms with van der Waals surface area (Å²) < 4.78 is 18.4. The third-order valence-electron chi connectivity index (χ3n) is 3.74. The van der Waals surface area contributed by atoms with Gasteiger partial charge in [0, 0.05) is 30.7 Å². The van der Waals surface area contributed by atoms with Crippen LogP contribution in [-0.4, -0.2) is 35.7 Å². The summed E-state index contributed by atoms with van der Waals surface area (Å²) in [5.74, 6) is -0.329. The normalized spacial score (nSPS) is 16.5. The molecule has 1 heterocycles. The summed E-state index contributed by atoms with van der Waals surface area (Å²) in [6.45, 7) is 7.53. The van der Waals surface area contributed by atoms with Gasteiger partial charge in [0.15, 0.2) is 0 Å². The minimum atomic E-state index is -0.467. The van der Waals surface area contributed by atoms with Crippen molar-refractivity contribution in [2.24, 2.45) is 0 Å². The number of halogens is 2. The highest BCUT2D eigenvalue weighted by Gasteiger charge is 2.26. The van der Waals surface area contributed by atoms with Gasteiger partial charge >= 0.3 is 6.09 Å². The maximum absolute atomic E-state index is 13.0. The van der Waals surface area contributed by atoms with Crippen LogP contribution in [0.5, 0.6) is 0 Å². The molecule has 0 saturated carbocycles. The molecule has 1 fully saturated rings. The van der Waals surface area contributed by atoms with Gasteiger partial charge in [0.05, 0.1) is 0 Å². The Bertz CT molecular complexity index is 552. The summed E-state index contributed by atoms with van der Waals surface area (Å²) in [7, 11) is 0. The van der Waals surface area contributed by atoms with E-state index < -0.39 is 5.60 Å². The number of nitrogens with zero attached hydrogens (tertiary/aromatic N) is 1. The molecule has 1 aromatic rings. The second-order valence-corrected chi connectivity index (χ2v) is 7.27. The second-order valence-electron chi connectivity index (χ2n) is 6.86. The van der Waals surface area contributed by atoms with E-state index >= 15 is 0 Å². The summed E-state index contributed by atoms with van der Waals surface area (Å²) >= 11 is 6.02. The molecular weight excluding hydrogens is 319 g/mol. The van der Waals surface area contributed by atoms with Crippen molar-refractivity contribution in [3.8, 4) is 0 Å². The zero-order chi connectivity index (χ0) is 17.0. The topological polar surface area (TPSA) is 41.6 Å². The predicted octanol–water partition coefficient (Wildman–Crippen LogP) is 3.97. The molecule has 2 rings (SSSR count). The minimum Gasteiger partial charge on any atom is -0.444 e. The molecule has 23 heavy (non-hydrogen) atoms. The predicted molar refractivity (Wildman–Crippen MR) is 89.1 cm³/mol. The van der Waals surface area contributed by atoms with Gasteiger partial charge in [-0.1, -0.05) is 17.7 Å². The molecule has 6 heteroatoms. The summed E-state index contributed by atoms with van der Waals surface area (Å²) in [4.78, 5) is 13.8. The van der Waals surface area contributed by atoms with Gasteiger partial charge in [-0.2, -0.15) is 0 Å². The molecule has 128 valence electrons. The lowest BCUT2D eigenvalue weighted by Crippen LogP contribution is -2.46. The van der Waals surface area contributed by atoms with Gasteiger partial charge in [-0.25, -0.2) is 9.18 Å². The Labute approximate surface area is 141 Å². The first-order valence-electron chi connectivity index (χ1n) is 7.90. The van der Waals surface area contributed by atoms with E-state index in [0.717, 1.165) is 18.4 Å². The number of ether oxygens (including phenoxy) is 1. The zero-order valence-corrected chi connectivity index (χ0v) is 14.6. The number of carbonyl (C=O) groups is 1. The first kappa shape index (κ1) is 18.0. The van der Waals surface area contributed by atoms with Gasteiger partial charge in [0.25, 0.3) is 0 Å². The van der Waals surface area contributed by atoms with Crippen LogP contribution in [0, 0.1) is 5.82 Å². The molecule has 1 aliphatic rings. The number of amides is 1. The Morgan fingerprint density at radius 2 is 2.04 bits per heavy atom. The quantitative estimate of drug-likeness (QED) is 0.903. The van der Waals surface area contributed by atoms with E-state index in [1.165, 1.54) is 12.1 Å². The van der Waals surface area contributed by atoms with Crippen molar-refractivity contribution < 1.29 is 13.9 Å². The van der Waals surface area contributed by atoms with E-state index in [9.17, 15) is 9.18 Å². The fourth-order valence-electron chi connectivity index (χ4n) is 2.51. The largest absolute Gasteiger partial charge is 0.444 e. The zero-order valence-electron chi connectivity index (χ0n) is 13.9. The van der Waals surface area contributed by atoms with Gasteiger partial charge < -0.3 is 15.0 Å². The van der Waals surface area contributed by atoms with E-state index in [0.29, 0.717) is 30.7 Å². The summed E-state index contributed by atoms with van der Waals surface area (Å²) in [6.07, 6.45) is 1.47. The Kier molecular flexibility index (Phi) is 5.87. The molecule has 0 unspecified atom stereocenters. The fourth-order valence-corrected chi connectivity index (χ4v) is 2.75. The van der Waals surface area contributed by atoms with E-state index in [4.69, 9.17) is 16.3 Å². The highest BCUT2D eigenvalue weighted by Crippen LogP contribution is 2.19. The lowest BCUT2D eigenvalue weighted by atomic mass is 10.0. The van der Waals surface area contributed by atoms with Crippen LogP contribution in [-0.2, 0) is 11.3 Å². The lowest BCUT2D eigenvalue weighted by Gasteiger charge is -2.33. The van der Waals surface area contributed by atoms with Crippen molar-refractivity contribution in [3.05, 3.63) is 34.6 Å². The van der Waals surface area contributed by atoms with Crippen LogP contribution >= 0.6 is 11.6 Å².